The van der Waals surface area contributed by atoms with Gasteiger partial charge in [0.2, 0.25) is 0 Å². The van der Waals surface area contributed by atoms with Crippen LogP contribution in [0.5, 0.6) is 11.5 Å². The lowest BCUT2D eigenvalue weighted by Crippen LogP contribution is -1.97. The highest BCUT2D eigenvalue weighted by Gasteiger charge is 2.12. The van der Waals surface area contributed by atoms with Gasteiger partial charge in [-0.05, 0) is 12.1 Å². The molecule has 1 aromatic rings. The van der Waals surface area contributed by atoms with E-state index in [4.69, 9.17) is 10.2 Å². The van der Waals surface area contributed by atoms with Crippen molar-refractivity contribution in [2.75, 3.05) is 0 Å². The second kappa shape index (κ2) is 4.35. The van der Waals surface area contributed by atoms with Gasteiger partial charge in [0.15, 0.2) is 0 Å². The first-order valence-corrected chi connectivity index (χ1v) is 4.12. The summed E-state index contributed by atoms with van der Waals surface area (Å²) in [6.45, 7) is 0. The molecule has 0 radical (unpaired) electrons. The van der Waals surface area contributed by atoms with E-state index in [0.29, 0.717) is 0 Å². The van der Waals surface area contributed by atoms with Crippen molar-refractivity contribution in [3.05, 3.63) is 29.3 Å². The first-order valence-electron chi connectivity index (χ1n) is 4.12. The van der Waals surface area contributed by atoms with Gasteiger partial charge in [-0.3, -0.25) is 0 Å². The third-order valence-electron chi connectivity index (χ3n) is 1.78. The second-order valence-corrected chi connectivity index (χ2v) is 2.90. The van der Waals surface area contributed by atoms with Crippen molar-refractivity contribution in [1.29, 1.82) is 0 Å². The predicted octanol–water partition coefficient (Wildman–Crippen LogP) is 0.894. The monoisotopic (exact) mass is 224 g/mol. The molecule has 0 unspecified atom stereocenters. The normalized spacial score (nSPS) is 10.5. The van der Waals surface area contributed by atoms with Crippen molar-refractivity contribution in [2.45, 2.75) is 0 Å². The largest absolute Gasteiger partial charge is 0.507 e. The Morgan fingerprint density at radius 1 is 1.06 bits per heavy atom. The minimum atomic E-state index is -1.37. The Kier molecular flexibility index (Phi) is 3.14. The molecule has 0 fully saturated rings. The summed E-state index contributed by atoms with van der Waals surface area (Å²) in [5.74, 6) is -3.59. The van der Waals surface area contributed by atoms with E-state index in [-0.39, 0.29) is 5.56 Å². The third-order valence-corrected chi connectivity index (χ3v) is 1.78. The molecule has 0 aliphatic heterocycles. The summed E-state index contributed by atoms with van der Waals surface area (Å²) >= 11 is 0. The number of hydrogen-bond acceptors (Lipinski definition) is 4. The van der Waals surface area contributed by atoms with E-state index < -0.39 is 29.0 Å². The first kappa shape index (κ1) is 11.6. The fourth-order valence-corrected chi connectivity index (χ4v) is 1.06. The molecule has 6 heteroatoms. The molecule has 6 nitrogen and oxygen atoms in total. The maximum absolute atomic E-state index is 10.6. The number of phenolic OH excluding ortho intramolecular Hbond substituents is 1. The molecule has 0 saturated carbocycles. The lowest BCUT2D eigenvalue weighted by Gasteiger charge is -2.03. The second-order valence-electron chi connectivity index (χ2n) is 2.90. The molecule has 0 saturated heterocycles. The molecule has 0 bridgehead atoms. The van der Waals surface area contributed by atoms with Gasteiger partial charge in [0.1, 0.15) is 17.1 Å². The number of carboxylic acids is 2. The number of hydrogen-bond donors (Lipinski definition) is 4. The molecule has 0 amide bonds. The highest BCUT2D eigenvalue weighted by atomic mass is 16.4. The smallest absolute Gasteiger partial charge is 0.339 e. The molecule has 0 aliphatic carbocycles. The highest BCUT2D eigenvalue weighted by molar-refractivity contribution is 5.93. The van der Waals surface area contributed by atoms with Crippen LogP contribution in [0.1, 0.15) is 15.9 Å². The number of aromatic carboxylic acids is 1. The number of carboxylic acid groups (broad SMARTS) is 2. The SMILES string of the molecule is O=C(O)C=Cc1cc(C(=O)O)c(O)cc1O. The fraction of sp³-hybridized carbons (Fsp3) is 0. The Hall–Kier alpha value is -2.50. The molecule has 84 valence electrons. The zero-order valence-electron chi connectivity index (χ0n) is 7.91. The van der Waals surface area contributed by atoms with Gasteiger partial charge >= 0.3 is 11.9 Å². The summed E-state index contributed by atoms with van der Waals surface area (Å²) in [5, 5.41) is 35.5. The highest BCUT2D eigenvalue weighted by Crippen LogP contribution is 2.28. The van der Waals surface area contributed by atoms with E-state index in [1.54, 1.807) is 0 Å². The van der Waals surface area contributed by atoms with E-state index in [1.807, 2.05) is 0 Å². The molecule has 0 heterocycles. The first-order chi connectivity index (χ1) is 7.41. The molecule has 1 rings (SSSR count). The van der Waals surface area contributed by atoms with Gasteiger partial charge in [-0.15, -0.1) is 0 Å². The summed E-state index contributed by atoms with van der Waals surface area (Å²) in [7, 11) is 0. The van der Waals surface area contributed by atoms with Crippen LogP contribution in [-0.4, -0.2) is 32.4 Å². The van der Waals surface area contributed by atoms with Crippen LogP contribution in [0.2, 0.25) is 0 Å². The summed E-state index contributed by atoms with van der Waals surface area (Å²) in [6.07, 6.45) is 1.78. The average Bonchev–Trinajstić information content (AvgIpc) is 2.15. The Balaban J connectivity index is 3.25. The zero-order valence-corrected chi connectivity index (χ0v) is 7.91. The number of benzene rings is 1. The molecule has 0 aliphatic rings. The van der Waals surface area contributed by atoms with Crippen LogP contribution in [0.25, 0.3) is 6.08 Å². The maximum Gasteiger partial charge on any atom is 0.339 e. The van der Waals surface area contributed by atoms with Crippen LogP contribution in [0.4, 0.5) is 0 Å². The van der Waals surface area contributed by atoms with E-state index in [1.165, 1.54) is 0 Å². The van der Waals surface area contributed by atoms with Crippen LogP contribution in [-0.2, 0) is 4.79 Å². The van der Waals surface area contributed by atoms with Crippen LogP contribution in [0.15, 0.2) is 18.2 Å². The van der Waals surface area contributed by atoms with Crippen molar-refractivity contribution in [3.8, 4) is 11.5 Å². The molecule has 0 spiro atoms. The summed E-state index contributed by atoms with van der Waals surface area (Å²) in [6, 6.07) is 1.82. The minimum absolute atomic E-state index is 0.00222. The number of rotatable bonds is 3. The Morgan fingerprint density at radius 3 is 2.19 bits per heavy atom. The molecule has 0 atom stereocenters. The van der Waals surface area contributed by atoms with Gasteiger partial charge in [0, 0.05) is 17.7 Å². The minimum Gasteiger partial charge on any atom is -0.507 e. The zero-order chi connectivity index (χ0) is 12.3. The van der Waals surface area contributed by atoms with E-state index >= 15 is 0 Å². The lowest BCUT2D eigenvalue weighted by molar-refractivity contribution is -0.131. The number of aromatic hydroxyl groups is 2. The number of phenols is 2. The van der Waals surface area contributed by atoms with Crippen molar-refractivity contribution in [3.63, 3.8) is 0 Å². The fourth-order valence-electron chi connectivity index (χ4n) is 1.06. The van der Waals surface area contributed by atoms with Crippen molar-refractivity contribution in [1.82, 2.24) is 0 Å². The Morgan fingerprint density at radius 2 is 1.69 bits per heavy atom. The molecule has 4 N–H and O–H groups in total. The summed E-state index contributed by atoms with van der Waals surface area (Å²) in [5.41, 5.74) is -0.416. The van der Waals surface area contributed by atoms with Gasteiger partial charge < -0.3 is 20.4 Å². The summed E-state index contributed by atoms with van der Waals surface area (Å²) < 4.78 is 0. The van der Waals surface area contributed by atoms with Crippen molar-refractivity contribution < 1.29 is 30.0 Å². The van der Waals surface area contributed by atoms with E-state index in [2.05, 4.69) is 0 Å². The van der Waals surface area contributed by atoms with Crippen molar-refractivity contribution in [2.24, 2.45) is 0 Å². The number of aliphatic carboxylic acids is 1. The van der Waals surface area contributed by atoms with Crippen LogP contribution >= 0.6 is 0 Å². The molecular formula is C10H8O6. The molecule has 0 aromatic heterocycles. The standard InChI is InChI=1S/C10H8O6/c11-7-4-8(12)6(10(15)16)3-5(7)1-2-9(13)14/h1-4,11-12H,(H,13,14)(H,15,16). The van der Waals surface area contributed by atoms with Gasteiger partial charge in [0.25, 0.3) is 0 Å². The van der Waals surface area contributed by atoms with Gasteiger partial charge in [-0.1, -0.05) is 0 Å². The van der Waals surface area contributed by atoms with Crippen LogP contribution in [0, 0.1) is 0 Å². The predicted molar refractivity (Wildman–Crippen MR) is 53.4 cm³/mol. The van der Waals surface area contributed by atoms with Crippen LogP contribution in [0.3, 0.4) is 0 Å². The average molecular weight is 224 g/mol. The Bertz CT molecular complexity index is 474. The van der Waals surface area contributed by atoms with Gasteiger partial charge in [0.05, 0.1) is 0 Å². The van der Waals surface area contributed by atoms with Gasteiger partial charge in [-0.2, -0.15) is 0 Å². The van der Waals surface area contributed by atoms with Crippen molar-refractivity contribution >= 4 is 18.0 Å². The molecule has 1 aromatic carbocycles. The lowest BCUT2D eigenvalue weighted by atomic mass is 10.1. The van der Waals surface area contributed by atoms with Gasteiger partial charge in [-0.25, -0.2) is 9.59 Å². The van der Waals surface area contributed by atoms with E-state index in [0.717, 1.165) is 24.3 Å². The van der Waals surface area contributed by atoms with E-state index in [9.17, 15) is 19.8 Å². The summed E-state index contributed by atoms with van der Waals surface area (Å²) in [4.78, 5) is 20.9. The topological polar surface area (TPSA) is 115 Å². The molecule has 16 heavy (non-hydrogen) atoms. The quantitative estimate of drug-likeness (QED) is 0.567. The Labute approximate surface area is 89.7 Å². The van der Waals surface area contributed by atoms with Crippen LogP contribution < -0.4 is 0 Å². The number of carbonyl (C=O) groups is 2. The third kappa shape index (κ3) is 2.50. The maximum atomic E-state index is 10.6. The molecular weight excluding hydrogens is 216 g/mol.